The minimum Gasteiger partial charge on any atom is -0.338 e. The predicted molar refractivity (Wildman–Crippen MR) is 68.9 cm³/mol. The van der Waals surface area contributed by atoms with Crippen LogP contribution in [0.1, 0.15) is 5.56 Å². The summed E-state index contributed by atoms with van der Waals surface area (Å²) in [5.74, 6) is 1.60. The molecule has 2 aliphatic rings. The molecule has 6 nitrogen and oxygen atoms in total. The molecular formula is C12H17N5O. The molecule has 0 atom stereocenters. The zero-order valence-corrected chi connectivity index (χ0v) is 10.8. The second kappa shape index (κ2) is 4.20. The molecule has 0 saturated carbocycles. The largest absolute Gasteiger partial charge is 0.338 e. The molecule has 96 valence electrons. The van der Waals surface area contributed by atoms with Gasteiger partial charge in [0, 0.05) is 45.0 Å². The number of piperazine rings is 1. The van der Waals surface area contributed by atoms with Gasteiger partial charge in [0.1, 0.15) is 5.82 Å². The van der Waals surface area contributed by atoms with Crippen LogP contribution >= 0.6 is 0 Å². The number of amides is 1. The van der Waals surface area contributed by atoms with Crippen molar-refractivity contribution in [2.75, 3.05) is 50.1 Å². The Morgan fingerprint density at radius 2 is 1.89 bits per heavy atom. The minimum absolute atomic E-state index is 0.0924. The minimum atomic E-state index is 0.0924. The second-order valence-electron chi connectivity index (χ2n) is 4.94. The molecule has 2 aliphatic heterocycles. The van der Waals surface area contributed by atoms with E-state index in [1.54, 1.807) is 18.1 Å². The van der Waals surface area contributed by atoms with Gasteiger partial charge in [0.05, 0.1) is 6.42 Å². The van der Waals surface area contributed by atoms with Crippen LogP contribution in [0.5, 0.6) is 0 Å². The van der Waals surface area contributed by atoms with Crippen LogP contribution in [-0.2, 0) is 11.2 Å². The van der Waals surface area contributed by atoms with Crippen molar-refractivity contribution in [3.8, 4) is 0 Å². The van der Waals surface area contributed by atoms with Gasteiger partial charge < -0.3 is 9.80 Å². The molecule has 1 aromatic rings. The van der Waals surface area contributed by atoms with Gasteiger partial charge in [-0.2, -0.15) is 4.98 Å². The van der Waals surface area contributed by atoms with Crippen molar-refractivity contribution in [2.45, 2.75) is 6.42 Å². The van der Waals surface area contributed by atoms with Crippen LogP contribution in [-0.4, -0.2) is 61.0 Å². The lowest BCUT2D eigenvalue weighted by Gasteiger charge is -2.32. The summed E-state index contributed by atoms with van der Waals surface area (Å²) < 4.78 is 0. The Balaban J connectivity index is 1.85. The third kappa shape index (κ3) is 1.82. The van der Waals surface area contributed by atoms with Crippen molar-refractivity contribution >= 4 is 17.7 Å². The maximum Gasteiger partial charge on any atom is 0.232 e. The third-order valence-electron chi connectivity index (χ3n) is 3.65. The van der Waals surface area contributed by atoms with Crippen molar-refractivity contribution in [1.29, 1.82) is 0 Å². The highest BCUT2D eigenvalue weighted by Gasteiger charge is 2.27. The van der Waals surface area contributed by atoms with Crippen LogP contribution in [0.4, 0.5) is 11.8 Å². The highest BCUT2D eigenvalue weighted by Crippen LogP contribution is 2.26. The maximum absolute atomic E-state index is 11.6. The molecule has 0 radical (unpaired) electrons. The lowest BCUT2D eigenvalue weighted by Crippen LogP contribution is -2.45. The van der Waals surface area contributed by atoms with Crippen LogP contribution in [0.15, 0.2) is 6.20 Å². The number of likely N-dealkylation sites (N-methyl/N-ethyl adjacent to an activating group) is 2. The van der Waals surface area contributed by atoms with E-state index in [2.05, 4.69) is 26.8 Å². The first-order chi connectivity index (χ1) is 8.65. The number of carbonyl (C=O) groups is 1. The molecular weight excluding hydrogens is 230 g/mol. The highest BCUT2D eigenvalue weighted by atomic mass is 16.2. The van der Waals surface area contributed by atoms with Crippen LogP contribution in [0.2, 0.25) is 0 Å². The summed E-state index contributed by atoms with van der Waals surface area (Å²) in [6.45, 7) is 3.92. The number of rotatable bonds is 1. The summed E-state index contributed by atoms with van der Waals surface area (Å²) in [5.41, 5.74) is 0.931. The van der Waals surface area contributed by atoms with Gasteiger partial charge in [0.2, 0.25) is 11.9 Å². The second-order valence-corrected chi connectivity index (χ2v) is 4.94. The molecule has 0 unspecified atom stereocenters. The summed E-state index contributed by atoms with van der Waals surface area (Å²) >= 11 is 0. The van der Waals surface area contributed by atoms with E-state index >= 15 is 0 Å². The molecule has 3 heterocycles. The number of fused-ring (bicyclic) bond motifs is 1. The van der Waals surface area contributed by atoms with Gasteiger partial charge in [-0.05, 0) is 7.05 Å². The topological polar surface area (TPSA) is 52.6 Å². The van der Waals surface area contributed by atoms with E-state index in [1.165, 1.54) is 0 Å². The predicted octanol–water partition coefficient (Wildman–Crippen LogP) is -0.253. The van der Waals surface area contributed by atoms with Crippen molar-refractivity contribution in [3.63, 3.8) is 0 Å². The molecule has 0 bridgehead atoms. The van der Waals surface area contributed by atoms with E-state index in [1.807, 2.05) is 0 Å². The maximum atomic E-state index is 11.6. The number of aromatic nitrogens is 2. The van der Waals surface area contributed by atoms with Crippen molar-refractivity contribution < 1.29 is 4.79 Å². The fourth-order valence-electron chi connectivity index (χ4n) is 2.36. The Morgan fingerprint density at radius 1 is 1.17 bits per heavy atom. The average Bonchev–Trinajstić information content (AvgIpc) is 2.66. The first-order valence-corrected chi connectivity index (χ1v) is 6.21. The fourth-order valence-corrected chi connectivity index (χ4v) is 2.36. The zero-order valence-electron chi connectivity index (χ0n) is 10.8. The van der Waals surface area contributed by atoms with Crippen molar-refractivity contribution in [1.82, 2.24) is 14.9 Å². The number of carbonyl (C=O) groups excluding carboxylic acids is 1. The van der Waals surface area contributed by atoms with Gasteiger partial charge in [0.15, 0.2) is 0 Å². The van der Waals surface area contributed by atoms with E-state index in [0.29, 0.717) is 6.42 Å². The van der Waals surface area contributed by atoms with Crippen LogP contribution < -0.4 is 9.80 Å². The number of anilines is 2. The van der Waals surface area contributed by atoms with Crippen molar-refractivity contribution in [2.24, 2.45) is 0 Å². The standard InChI is InChI=1S/C12H17N5O/c1-15-3-5-17(6-4-15)12-13-8-9-7-10(18)16(2)11(9)14-12/h8H,3-7H2,1-2H3. The quantitative estimate of drug-likeness (QED) is 0.685. The van der Waals surface area contributed by atoms with Crippen LogP contribution in [0.25, 0.3) is 0 Å². The van der Waals surface area contributed by atoms with Crippen molar-refractivity contribution in [3.05, 3.63) is 11.8 Å². The number of hydrogen-bond donors (Lipinski definition) is 0. The first-order valence-electron chi connectivity index (χ1n) is 6.21. The molecule has 18 heavy (non-hydrogen) atoms. The number of hydrogen-bond acceptors (Lipinski definition) is 5. The van der Waals surface area contributed by atoms with E-state index < -0.39 is 0 Å². The Hall–Kier alpha value is -1.69. The first kappa shape index (κ1) is 11.4. The van der Waals surface area contributed by atoms with Crippen LogP contribution in [0, 0.1) is 0 Å². The molecule has 1 saturated heterocycles. The van der Waals surface area contributed by atoms with Gasteiger partial charge in [0.25, 0.3) is 0 Å². The molecule has 3 rings (SSSR count). The number of nitrogens with zero attached hydrogens (tertiary/aromatic N) is 5. The van der Waals surface area contributed by atoms with E-state index in [4.69, 9.17) is 0 Å². The molecule has 0 N–H and O–H groups in total. The normalized spacial score (nSPS) is 20.4. The molecule has 1 aromatic heterocycles. The zero-order chi connectivity index (χ0) is 12.7. The molecule has 0 spiro atoms. The Morgan fingerprint density at radius 3 is 2.61 bits per heavy atom. The summed E-state index contributed by atoms with van der Waals surface area (Å²) in [7, 11) is 3.89. The van der Waals surface area contributed by atoms with Gasteiger partial charge in [-0.1, -0.05) is 0 Å². The fraction of sp³-hybridized carbons (Fsp3) is 0.583. The Kier molecular flexibility index (Phi) is 2.66. The highest BCUT2D eigenvalue weighted by molar-refractivity contribution is 5.99. The van der Waals surface area contributed by atoms with E-state index in [0.717, 1.165) is 43.5 Å². The lowest BCUT2D eigenvalue weighted by atomic mass is 10.3. The molecule has 6 heteroatoms. The summed E-state index contributed by atoms with van der Waals surface area (Å²) in [5, 5.41) is 0. The van der Waals surface area contributed by atoms with Gasteiger partial charge in [-0.3, -0.25) is 9.69 Å². The molecule has 1 amide bonds. The van der Waals surface area contributed by atoms with E-state index in [-0.39, 0.29) is 5.91 Å². The van der Waals surface area contributed by atoms with E-state index in [9.17, 15) is 4.79 Å². The average molecular weight is 247 g/mol. The molecule has 0 aliphatic carbocycles. The monoisotopic (exact) mass is 247 g/mol. The van der Waals surface area contributed by atoms with Gasteiger partial charge >= 0.3 is 0 Å². The smallest absolute Gasteiger partial charge is 0.232 e. The SMILES string of the molecule is CN1CCN(c2ncc3c(n2)N(C)C(=O)C3)CC1. The Labute approximate surface area is 106 Å². The summed E-state index contributed by atoms with van der Waals surface area (Å²) in [6.07, 6.45) is 2.21. The van der Waals surface area contributed by atoms with Gasteiger partial charge in [-0.25, -0.2) is 4.98 Å². The van der Waals surface area contributed by atoms with Gasteiger partial charge in [-0.15, -0.1) is 0 Å². The lowest BCUT2D eigenvalue weighted by molar-refractivity contribution is -0.117. The summed E-state index contributed by atoms with van der Waals surface area (Å²) in [6, 6.07) is 0. The molecule has 0 aromatic carbocycles. The molecule has 1 fully saturated rings. The third-order valence-corrected chi connectivity index (χ3v) is 3.65. The Bertz CT molecular complexity index is 481. The summed E-state index contributed by atoms with van der Waals surface area (Å²) in [4.78, 5) is 26.6. The van der Waals surface area contributed by atoms with Crippen LogP contribution in [0.3, 0.4) is 0 Å².